The number of aromatic nitrogens is 1. The molecule has 3 aromatic rings. The van der Waals surface area contributed by atoms with E-state index in [2.05, 4.69) is 42.7 Å². The third kappa shape index (κ3) is 6.69. The van der Waals surface area contributed by atoms with Gasteiger partial charge >= 0.3 is 0 Å². The lowest BCUT2D eigenvalue weighted by Gasteiger charge is -2.31. The van der Waals surface area contributed by atoms with Crippen LogP contribution in [-0.4, -0.2) is 53.6 Å². The summed E-state index contributed by atoms with van der Waals surface area (Å²) >= 11 is 0. The van der Waals surface area contributed by atoms with Crippen molar-refractivity contribution in [2.75, 3.05) is 25.1 Å². The maximum Gasteiger partial charge on any atom is 0.232 e. The molecule has 0 unspecified atom stereocenters. The summed E-state index contributed by atoms with van der Waals surface area (Å²) in [5.74, 6) is 1.51. The first-order valence-corrected chi connectivity index (χ1v) is 11.7. The van der Waals surface area contributed by atoms with Crippen LogP contribution in [0.4, 0.5) is 5.88 Å². The number of hydrogen-bond donors (Lipinski definition) is 1. The molecule has 7 nitrogen and oxygen atoms in total. The Morgan fingerprint density at radius 1 is 1.09 bits per heavy atom. The first-order valence-electron chi connectivity index (χ1n) is 11.7. The van der Waals surface area contributed by atoms with Crippen LogP contribution in [0.1, 0.15) is 45.4 Å². The van der Waals surface area contributed by atoms with Gasteiger partial charge in [-0.3, -0.25) is 4.90 Å². The van der Waals surface area contributed by atoms with Crippen LogP contribution in [0.3, 0.4) is 0 Å². The molecule has 0 aliphatic heterocycles. The molecule has 0 saturated carbocycles. The van der Waals surface area contributed by atoms with Crippen molar-refractivity contribution in [3.05, 3.63) is 60.1 Å². The van der Waals surface area contributed by atoms with Crippen molar-refractivity contribution in [2.45, 2.75) is 65.5 Å². The van der Waals surface area contributed by atoms with Crippen LogP contribution >= 0.6 is 0 Å². The Hall–Kier alpha value is -2.61. The number of aliphatic hydroxyl groups excluding tert-OH is 1. The molecule has 0 amide bonds. The highest BCUT2D eigenvalue weighted by atomic mass is 16.5. The van der Waals surface area contributed by atoms with Crippen molar-refractivity contribution in [1.82, 2.24) is 10.1 Å². The van der Waals surface area contributed by atoms with Crippen LogP contribution in [0.25, 0.3) is 11.3 Å². The van der Waals surface area contributed by atoms with Crippen LogP contribution in [0, 0.1) is 0 Å². The monoisotopic (exact) mass is 455 g/mol. The van der Waals surface area contributed by atoms with Crippen molar-refractivity contribution in [3.63, 3.8) is 0 Å². The van der Waals surface area contributed by atoms with E-state index in [1.165, 1.54) is 0 Å². The lowest BCUT2D eigenvalue weighted by molar-refractivity contribution is -0.00269. The predicted octanol–water partition coefficient (Wildman–Crippen LogP) is 4.96. The number of aliphatic hydroxyl groups is 1. The van der Waals surface area contributed by atoms with Gasteiger partial charge in [-0.15, -0.1) is 0 Å². The fourth-order valence-corrected chi connectivity index (χ4v) is 3.65. The van der Waals surface area contributed by atoms with E-state index >= 15 is 0 Å². The number of ether oxygens (including phenoxy) is 1. The van der Waals surface area contributed by atoms with E-state index < -0.39 is 6.10 Å². The number of hydrogen-bond acceptors (Lipinski definition) is 7. The van der Waals surface area contributed by atoms with E-state index in [1.54, 1.807) is 6.26 Å². The highest BCUT2D eigenvalue weighted by Gasteiger charge is 2.26. The van der Waals surface area contributed by atoms with E-state index in [9.17, 15) is 5.11 Å². The SMILES string of the molecule is CC[C@H](C)N(Cc1c(-c2ccccc2)noc1N(C)C(C)C)C[C@H](O)COCc1ccco1. The number of furan rings is 1. The first kappa shape index (κ1) is 25.0. The smallest absolute Gasteiger partial charge is 0.232 e. The molecule has 3 rings (SSSR count). The van der Waals surface area contributed by atoms with Gasteiger partial charge in [0.05, 0.1) is 24.5 Å². The van der Waals surface area contributed by atoms with Crippen LogP contribution < -0.4 is 4.90 Å². The van der Waals surface area contributed by atoms with Gasteiger partial charge in [0.2, 0.25) is 5.88 Å². The molecule has 0 aliphatic carbocycles. The molecule has 0 saturated heterocycles. The maximum absolute atomic E-state index is 10.7. The molecule has 1 N–H and O–H groups in total. The molecule has 2 atom stereocenters. The predicted molar refractivity (Wildman–Crippen MR) is 130 cm³/mol. The zero-order valence-corrected chi connectivity index (χ0v) is 20.4. The van der Waals surface area contributed by atoms with Crippen molar-refractivity contribution in [2.24, 2.45) is 0 Å². The second-order valence-electron chi connectivity index (χ2n) is 8.82. The third-order valence-electron chi connectivity index (χ3n) is 6.06. The minimum Gasteiger partial charge on any atom is -0.467 e. The molecule has 33 heavy (non-hydrogen) atoms. The van der Waals surface area contributed by atoms with E-state index in [-0.39, 0.29) is 18.7 Å². The minimum absolute atomic E-state index is 0.238. The normalized spacial score (nSPS) is 13.6. The molecule has 0 aliphatic rings. The van der Waals surface area contributed by atoms with E-state index in [1.807, 2.05) is 49.5 Å². The number of nitrogens with zero attached hydrogens (tertiary/aromatic N) is 3. The van der Waals surface area contributed by atoms with Crippen LogP contribution in [0.15, 0.2) is 57.7 Å². The summed E-state index contributed by atoms with van der Waals surface area (Å²) in [4.78, 5) is 4.38. The van der Waals surface area contributed by atoms with Gasteiger partial charge in [0.1, 0.15) is 18.1 Å². The van der Waals surface area contributed by atoms with Gasteiger partial charge in [0.25, 0.3) is 0 Å². The fraction of sp³-hybridized carbons (Fsp3) is 0.500. The average Bonchev–Trinajstić information content (AvgIpc) is 3.48. The summed E-state index contributed by atoms with van der Waals surface area (Å²) in [6.45, 7) is 10.3. The Morgan fingerprint density at radius 3 is 2.48 bits per heavy atom. The van der Waals surface area contributed by atoms with Crippen LogP contribution in [0.2, 0.25) is 0 Å². The zero-order valence-electron chi connectivity index (χ0n) is 20.4. The van der Waals surface area contributed by atoms with Crippen LogP contribution in [-0.2, 0) is 17.9 Å². The maximum atomic E-state index is 10.7. The van der Waals surface area contributed by atoms with Crippen molar-refractivity contribution >= 4 is 5.88 Å². The molecule has 0 radical (unpaired) electrons. The van der Waals surface area contributed by atoms with E-state index in [0.29, 0.717) is 19.7 Å². The molecule has 7 heteroatoms. The van der Waals surface area contributed by atoms with Gasteiger partial charge in [0, 0.05) is 37.8 Å². The van der Waals surface area contributed by atoms with Gasteiger partial charge in [-0.1, -0.05) is 42.4 Å². The average molecular weight is 456 g/mol. The standard InChI is InChI=1S/C26H37N3O4/c1-6-20(4)29(15-22(30)17-31-18-23-13-10-14-32-23)16-24-25(21-11-8-7-9-12-21)27-33-26(24)28(5)19(2)3/h7-14,19-20,22,30H,6,15-18H2,1-5H3/t20-,22-/m0/s1. The van der Waals surface area contributed by atoms with Crippen molar-refractivity contribution in [3.8, 4) is 11.3 Å². The lowest BCUT2D eigenvalue weighted by atomic mass is 10.1. The zero-order chi connectivity index (χ0) is 23.8. The fourth-order valence-electron chi connectivity index (χ4n) is 3.65. The van der Waals surface area contributed by atoms with Gasteiger partial charge in [-0.25, -0.2) is 0 Å². The summed E-state index contributed by atoms with van der Waals surface area (Å²) in [6, 6.07) is 14.3. The van der Waals surface area contributed by atoms with E-state index in [0.717, 1.165) is 34.9 Å². The molecule has 180 valence electrons. The molecular weight excluding hydrogens is 418 g/mol. The summed E-state index contributed by atoms with van der Waals surface area (Å²) in [6.07, 6.45) is 1.95. The molecular formula is C26H37N3O4. The highest BCUT2D eigenvalue weighted by molar-refractivity contribution is 5.68. The van der Waals surface area contributed by atoms with Gasteiger partial charge in [-0.05, 0) is 39.3 Å². The van der Waals surface area contributed by atoms with Gasteiger partial charge in [0.15, 0.2) is 0 Å². The molecule has 0 fully saturated rings. The number of anilines is 1. The molecule has 1 aromatic carbocycles. The van der Waals surface area contributed by atoms with Crippen molar-refractivity contribution < 1.29 is 18.8 Å². The Morgan fingerprint density at radius 2 is 1.85 bits per heavy atom. The molecule has 0 spiro atoms. The Balaban J connectivity index is 1.79. The second kappa shape index (κ2) is 12.0. The number of rotatable bonds is 13. The Bertz CT molecular complexity index is 940. The highest BCUT2D eigenvalue weighted by Crippen LogP contribution is 2.33. The quantitative estimate of drug-likeness (QED) is 0.390. The van der Waals surface area contributed by atoms with Crippen LogP contribution in [0.5, 0.6) is 0 Å². The number of benzene rings is 1. The Kier molecular flexibility index (Phi) is 9.11. The minimum atomic E-state index is -0.625. The molecule has 2 heterocycles. The third-order valence-corrected chi connectivity index (χ3v) is 6.06. The topological polar surface area (TPSA) is 75.1 Å². The summed E-state index contributed by atoms with van der Waals surface area (Å²) in [5.41, 5.74) is 2.89. The van der Waals surface area contributed by atoms with Gasteiger partial charge in [-0.2, -0.15) is 0 Å². The Labute approximate surface area is 196 Å². The summed E-state index contributed by atoms with van der Waals surface area (Å²) < 4.78 is 16.8. The first-order chi connectivity index (χ1) is 15.9. The van der Waals surface area contributed by atoms with Crippen molar-refractivity contribution in [1.29, 1.82) is 0 Å². The largest absolute Gasteiger partial charge is 0.467 e. The lowest BCUT2D eigenvalue weighted by Crippen LogP contribution is -2.40. The molecule has 0 bridgehead atoms. The van der Waals surface area contributed by atoms with E-state index in [4.69, 9.17) is 13.7 Å². The summed E-state index contributed by atoms with van der Waals surface area (Å²) in [7, 11) is 2.02. The second-order valence-corrected chi connectivity index (χ2v) is 8.82. The van der Waals surface area contributed by atoms with Gasteiger partial charge < -0.3 is 23.7 Å². The molecule has 2 aromatic heterocycles. The summed E-state index contributed by atoms with van der Waals surface area (Å²) in [5, 5.41) is 15.2.